The molecule has 2 rings (SSSR count). The fraction of sp³-hybridized carbons (Fsp3) is 0.188. The minimum atomic E-state index is -3.87. The van der Waals surface area contributed by atoms with Crippen molar-refractivity contribution < 1.29 is 18.3 Å². The molecule has 2 aromatic carbocycles. The SMILES string of the molecule is Cc1ccc(S(=O)(=O)N[C@H](CO)C(=O)c2ccccc2)cc1. The van der Waals surface area contributed by atoms with E-state index in [4.69, 9.17) is 0 Å². The molecule has 6 heteroatoms. The number of aryl methyl sites for hydroxylation is 1. The lowest BCUT2D eigenvalue weighted by Gasteiger charge is -2.15. The van der Waals surface area contributed by atoms with Crippen LogP contribution in [0.2, 0.25) is 0 Å². The summed E-state index contributed by atoms with van der Waals surface area (Å²) in [5.41, 5.74) is 1.27. The van der Waals surface area contributed by atoms with Crippen LogP contribution >= 0.6 is 0 Å². The molecule has 2 N–H and O–H groups in total. The summed E-state index contributed by atoms with van der Waals surface area (Å²) < 4.78 is 26.8. The third-order valence-electron chi connectivity index (χ3n) is 3.19. The first kappa shape index (κ1) is 16.4. The molecule has 0 fully saturated rings. The third-order valence-corrected chi connectivity index (χ3v) is 4.67. The average molecular weight is 319 g/mol. The predicted molar refractivity (Wildman–Crippen MR) is 83.1 cm³/mol. The van der Waals surface area contributed by atoms with Gasteiger partial charge < -0.3 is 5.11 Å². The highest BCUT2D eigenvalue weighted by Gasteiger charge is 2.25. The number of ketones is 1. The molecule has 1 atom stereocenters. The van der Waals surface area contributed by atoms with E-state index in [2.05, 4.69) is 4.72 Å². The van der Waals surface area contributed by atoms with E-state index < -0.39 is 28.5 Å². The normalized spacial score (nSPS) is 12.8. The van der Waals surface area contributed by atoms with Gasteiger partial charge in [0, 0.05) is 5.56 Å². The number of hydrogen-bond donors (Lipinski definition) is 2. The van der Waals surface area contributed by atoms with Gasteiger partial charge in [-0.25, -0.2) is 8.42 Å². The van der Waals surface area contributed by atoms with Gasteiger partial charge in [-0.2, -0.15) is 4.72 Å². The molecule has 0 amide bonds. The number of Topliss-reactive ketones (excluding diaryl/α,β-unsaturated/α-hetero) is 1. The Balaban J connectivity index is 2.22. The van der Waals surface area contributed by atoms with Gasteiger partial charge >= 0.3 is 0 Å². The minimum Gasteiger partial charge on any atom is -0.394 e. The van der Waals surface area contributed by atoms with Crippen LogP contribution in [-0.4, -0.2) is 32.0 Å². The molecule has 22 heavy (non-hydrogen) atoms. The summed E-state index contributed by atoms with van der Waals surface area (Å²) in [5.74, 6) is -0.473. The second-order valence-electron chi connectivity index (χ2n) is 4.90. The number of hydrogen-bond acceptors (Lipinski definition) is 4. The van der Waals surface area contributed by atoms with Gasteiger partial charge in [-0.1, -0.05) is 48.0 Å². The van der Waals surface area contributed by atoms with E-state index in [0.717, 1.165) is 5.56 Å². The molecule has 2 aromatic rings. The van der Waals surface area contributed by atoms with Crippen LogP contribution < -0.4 is 4.72 Å². The Bertz CT molecular complexity index is 739. The molecule has 0 saturated heterocycles. The Labute approximate surface area is 129 Å². The molecule has 0 aliphatic heterocycles. The zero-order valence-electron chi connectivity index (χ0n) is 12.1. The van der Waals surface area contributed by atoms with E-state index in [0.29, 0.717) is 5.56 Å². The maximum Gasteiger partial charge on any atom is 0.241 e. The van der Waals surface area contributed by atoms with Crippen molar-refractivity contribution in [1.82, 2.24) is 4.72 Å². The minimum absolute atomic E-state index is 0.0532. The molecular weight excluding hydrogens is 302 g/mol. The number of nitrogens with one attached hydrogen (secondary N) is 1. The lowest BCUT2D eigenvalue weighted by molar-refractivity contribution is 0.0914. The number of sulfonamides is 1. The number of aliphatic hydroxyl groups is 1. The summed E-state index contributed by atoms with van der Waals surface area (Å²) in [6.45, 7) is 1.23. The largest absolute Gasteiger partial charge is 0.394 e. The Kier molecular flexibility index (Phi) is 5.07. The molecule has 0 aliphatic rings. The van der Waals surface area contributed by atoms with Crippen molar-refractivity contribution in [1.29, 1.82) is 0 Å². The monoisotopic (exact) mass is 319 g/mol. The molecule has 116 valence electrons. The molecule has 0 saturated carbocycles. The number of aliphatic hydroxyl groups excluding tert-OH is 1. The highest BCUT2D eigenvalue weighted by molar-refractivity contribution is 7.89. The van der Waals surface area contributed by atoms with Crippen molar-refractivity contribution in [2.45, 2.75) is 17.9 Å². The highest BCUT2D eigenvalue weighted by Crippen LogP contribution is 2.12. The third kappa shape index (κ3) is 3.79. The summed E-state index contributed by atoms with van der Waals surface area (Å²) in [4.78, 5) is 12.3. The van der Waals surface area contributed by atoms with Crippen molar-refractivity contribution in [3.63, 3.8) is 0 Å². The van der Waals surface area contributed by atoms with E-state index in [1.165, 1.54) is 12.1 Å². The molecule has 0 radical (unpaired) electrons. The van der Waals surface area contributed by atoms with Crippen molar-refractivity contribution in [3.8, 4) is 0 Å². The van der Waals surface area contributed by atoms with Gasteiger partial charge in [-0.15, -0.1) is 0 Å². The van der Waals surface area contributed by atoms with E-state index in [1.54, 1.807) is 42.5 Å². The molecule has 0 aromatic heterocycles. The van der Waals surface area contributed by atoms with Gasteiger partial charge in [0.05, 0.1) is 11.5 Å². The zero-order valence-corrected chi connectivity index (χ0v) is 12.9. The zero-order chi connectivity index (χ0) is 16.2. The Hall–Kier alpha value is -2.02. The van der Waals surface area contributed by atoms with E-state index >= 15 is 0 Å². The predicted octanol–water partition coefficient (Wildman–Crippen LogP) is 1.52. The lowest BCUT2D eigenvalue weighted by atomic mass is 10.1. The molecular formula is C16H17NO4S. The van der Waals surface area contributed by atoms with Gasteiger partial charge in [0.1, 0.15) is 6.04 Å². The van der Waals surface area contributed by atoms with Crippen LogP contribution in [-0.2, 0) is 10.0 Å². The summed E-state index contributed by atoms with van der Waals surface area (Å²) in [5, 5.41) is 9.36. The van der Waals surface area contributed by atoms with Gasteiger partial charge in [-0.05, 0) is 19.1 Å². The van der Waals surface area contributed by atoms with E-state index in [-0.39, 0.29) is 4.90 Å². The smallest absolute Gasteiger partial charge is 0.241 e. The fourth-order valence-corrected chi connectivity index (χ4v) is 3.14. The first-order chi connectivity index (χ1) is 10.4. The van der Waals surface area contributed by atoms with Crippen molar-refractivity contribution in [3.05, 3.63) is 65.7 Å². The van der Waals surface area contributed by atoms with Gasteiger partial charge in [0.25, 0.3) is 0 Å². The quantitative estimate of drug-likeness (QED) is 0.791. The molecule has 0 aliphatic carbocycles. The Morgan fingerprint density at radius 2 is 1.68 bits per heavy atom. The lowest BCUT2D eigenvalue weighted by Crippen LogP contribution is -2.43. The Morgan fingerprint density at radius 1 is 1.09 bits per heavy atom. The number of carbonyl (C=O) groups excluding carboxylic acids is 1. The highest BCUT2D eigenvalue weighted by atomic mass is 32.2. The Morgan fingerprint density at radius 3 is 2.23 bits per heavy atom. The maximum absolute atomic E-state index is 12.3. The standard InChI is InChI=1S/C16H17NO4S/c1-12-7-9-14(10-8-12)22(20,21)17-15(11-18)16(19)13-5-3-2-4-6-13/h2-10,15,17-18H,11H2,1H3/t15-/m1/s1. The van der Waals surface area contributed by atoms with Crippen LogP contribution in [0, 0.1) is 6.92 Å². The van der Waals surface area contributed by atoms with E-state index in [1.807, 2.05) is 6.92 Å². The molecule has 0 unspecified atom stereocenters. The first-order valence-electron chi connectivity index (χ1n) is 6.73. The molecule has 0 heterocycles. The van der Waals surface area contributed by atoms with Crippen molar-refractivity contribution in [2.24, 2.45) is 0 Å². The second kappa shape index (κ2) is 6.83. The molecule has 0 spiro atoms. The average Bonchev–Trinajstić information content (AvgIpc) is 2.53. The van der Waals surface area contributed by atoms with E-state index in [9.17, 15) is 18.3 Å². The van der Waals surface area contributed by atoms with Crippen LogP contribution in [0.3, 0.4) is 0 Å². The topological polar surface area (TPSA) is 83.5 Å². The number of carbonyl (C=O) groups is 1. The van der Waals surface area contributed by atoms with Crippen LogP contribution in [0.15, 0.2) is 59.5 Å². The van der Waals surface area contributed by atoms with Gasteiger partial charge in [0.15, 0.2) is 5.78 Å². The van der Waals surface area contributed by atoms with Crippen LogP contribution in [0.4, 0.5) is 0 Å². The summed E-state index contributed by atoms with van der Waals surface area (Å²) in [7, 11) is -3.87. The van der Waals surface area contributed by atoms with Crippen molar-refractivity contribution in [2.75, 3.05) is 6.61 Å². The van der Waals surface area contributed by atoms with Crippen molar-refractivity contribution >= 4 is 15.8 Å². The number of rotatable bonds is 6. The molecule has 0 bridgehead atoms. The summed E-state index contributed by atoms with van der Waals surface area (Å²) in [6, 6.07) is 13.3. The van der Waals surface area contributed by atoms with Crippen LogP contribution in [0.25, 0.3) is 0 Å². The fourth-order valence-electron chi connectivity index (χ4n) is 1.95. The maximum atomic E-state index is 12.3. The molecule has 5 nitrogen and oxygen atoms in total. The number of benzene rings is 2. The van der Waals surface area contributed by atoms with Gasteiger partial charge in [-0.3, -0.25) is 4.79 Å². The summed E-state index contributed by atoms with van der Waals surface area (Å²) >= 11 is 0. The van der Waals surface area contributed by atoms with Gasteiger partial charge in [0.2, 0.25) is 10.0 Å². The van der Waals surface area contributed by atoms with Crippen LogP contribution in [0.1, 0.15) is 15.9 Å². The first-order valence-corrected chi connectivity index (χ1v) is 8.21. The second-order valence-corrected chi connectivity index (χ2v) is 6.61. The van der Waals surface area contributed by atoms with Crippen LogP contribution in [0.5, 0.6) is 0 Å². The summed E-state index contributed by atoms with van der Waals surface area (Å²) in [6.07, 6.45) is 0.